The Morgan fingerprint density at radius 2 is 1.81 bits per heavy atom. The zero-order valence-corrected chi connectivity index (χ0v) is 15.2. The van der Waals surface area contributed by atoms with E-state index in [1.165, 1.54) is 11.1 Å². The number of hydrogen-bond acceptors (Lipinski definition) is 2. The van der Waals surface area contributed by atoms with E-state index in [2.05, 4.69) is 63.9 Å². The molecule has 132 valence electrons. The summed E-state index contributed by atoms with van der Waals surface area (Å²) in [5.41, 5.74) is 4.51. The first-order valence-corrected chi connectivity index (χ1v) is 8.79. The molecule has 0 aliphatic heterocycles. The maximum absolute atomic E-state index is 4.42. The number of rotatable bonds is 5. The lowest BCUT2D eigenvalue weighted by Crippen LogP contribution is -2.38. The number of hydrogen-bond donors (Lipinski definition) is 2. The Bertz CT molecular complexity index is 844. The summed E-state index contributed by atoms with van der Waals surface area (Å²) >= 11 is 0. The van der Waals surface area contributed by atoms with Crippen molar-refractivity contribution in [1.82, 2.24) is 15.6 Å². The highest BCUT2D eigenvalue weighted by Gasteiger charge is 2.07. The van der Waals surface area contributed by atoms with E-state index in [4.69, 9.17) is 0 Å². The Morgan fingerprint density at radius 3 is 2.54 bits per heavy atom. The van der Waals surface area contributed by atoms with Crippen LogP contribution in [0, 0.1) is 0 Å². The highest BCUT2D eigenvalue weighted by atomic mass is 15.2. The van der Waals surface area contributed by atoms with Crippen LogP contribution in [-0.2, 0) is 6.54 Å². The first-order valence-electron chi connectivity index (χ1n) is 8.79. The Hall–Kier alpha value is -3.14. The monoisotopic (exact) mass is 344 g/mol. The molecular weight excluding hydrogens is 320 g/mol. The predicted molar refractivity (Wildman–Crippen MR) is 108 cm³/mol. The summed E-state index contributed by atoms with van der Waals surface area (Å²) in [4.78, 5) is 8.75. The number of aromatic nitrogens is 1. The molecule has 4 heteroatoms. The molecule has 3 aromatic rings. The zero-order chi connectivity index (χ0) is 18.2. The first kappa shape index (κ1) is 17.7. The lowest BCUT2D eigenvalue weighted by molar-refractivity contribution is 0.685. The summed E-state index contributed by atoms with van der Waals surface area (Å²) in [6.07, 6.45) is 1.82. The molecule has 0 saturated carbocycles. The van der Waals surface area contributed by atoms with Gasteiger partial charge in [-0.05, 0) is 36.2 Å². The average Bonchev–Trinajstić information content (AvgIpc) is 2.72. The van der Waals surface area contributed by atoms with Crippen LogP contribution in [0.4, 0.5) is 0 Å². The van der Waals surface area contributed by atoms with Crippen LogP contribution >= 0.6 is 0 Å². The van der Waals surface area contributed by atoms with Gasteiger partial charge in [-0.2, -0.15) is 0 Å². The number of pyridine rings is 1. The van der Waals surface area contributed by atoms with Crippen LogP contribution in [0.25, 0.3) is 11.3 Å². The predicted octanol–water partition coefficient (Wildman–Crippen LogP) is 4.17. The molecule has 26 heavy (non-hydrogen) atoms. The third-order valence-corrected chi connectivity index (χ3v) is 4.22. The van der Waals surface area contributed by atoms with Crippen molar-refractivity contribution in [3.63, 3.8) is 0 Å². The van der Waals surface area contributed by atoms with Crippen molar-refractivity contribution in [2.24, 2.45) is 4.99 Å². The summed E-state index contributed by atoms with van der Waals surface area (Å²) in [5.74, 6) is 0.782. The first-order chi connectivity index (χ1) is 12.8. The van der Waals surface area contributed by atoms with Gasteiger partial charge in [0.2, 0.25) is 0 Å². The standard InChI is InChI=1S/C22H24N4/c1-17(19-10-4-3-5-11-19)26-22(23-2)25-16-18-9-8-12-20(15-18)21-13-6-7-14-24-21/h3-15,17H,16H2,1-2H3,(H2,23,25,26). The number of nitrogens with zero attached hydrogens (tertiary/aromatic N) is 2. The van der Waals surface area contributed by atoms with Crippen molar-refractivity contribution in [2.75, 3.05) is 7.05 Å². The molecule has 0 radical (unpaired) electrons. The molecule has 2 N–H and O–H groups in total. The summed E-state index contributed by atoms with van der Waals surface area (Å²) in [6.45, 7) is 2.83. The van der Waals surface area contributed by atoms with Crippen LogP contribution in [0.1, 0.15) is 24.1 Å². The van der Waals surface area contributed by atoms with Crippen LogP contribution in [0.15, 0.2) is 84.0 Å². The van der Waals surface area contributed by atoms with Gasteiger partial charge in [0, 0.05) is 25.4 Å². The molecule has 4 nitrogen and oxygen atoms in total. The molecule has 1 unspecified atom stereocenters. The summed E-state index contributed by atoms with van der Waals surface area (Å²) in [7, 11) is 1.79. The maximum Gasteiger partial charge on any atom is 0.191 e. The molecule has 0 saturated heterocycles. The van der Waals surface area contributed by atoms with Gasteiger partial charge in [0.15, 0.2) is 5.96 Å². The van der Waals surface area contributed by atoms with Crippen LogP contribution in [0.5, 0.6) is 0 Å². The van der Waals surface area contributed by atoms with Gasteiger partial charge in [0.25, 0.3) is 0 Å². The number of nitrogens with one attached hydrogen (secondary N) is 2. The van der Waals surface area contributed by atoms with E-state index in [1.54, 1.807) is 7.05 Å². The highest BCUT2D eigenvalue weighted by molar-refractivity contribution is 5.80. The SMILES string of the molecule is CN=C(NCc1cccc(-c2ccccn2)c1)NC(C)c1ccccc1. The molecule has 0 aliphatic carbocycles. The van der Waals surface area contributed by atoms with Crippen molar-refractivity contribution in [3.8, 4) is 11.3 Å². The van der Waals surface area contributed by atoms with Crippen molar-refractivity contribution in [3.05, 3.63) is 90.1 Å². The van der Waals surface area contributed by atoms with Gasteiger partial charge in [-0.1, -0.05) is 54.6 Å². The van der Waals surface area contributed by atoms with Gasteiger partial charge in [-0.25, -0.2) is 0 Å². The summed E-state index contributed by atoms with van der Waals surface area (Å²) in [6, 6.07) is 24.9. The maximum atomic E-state index is 4.42. The van der Waals surface area contributed by atoms with E-state index in [0.717, 1.165) is 17.2 Å². The van der Waals surface area contributed by atoms with E-state index in [1.807, 2.05) is 42.6 Å². The van der Waals surface area contributed by atoms with E-state index >= 15 is 0 Å². The topological polar surface area (TPSA) is 49.3 Å². The molecule has 1 aromatic heterocycles. The normalized spacial score (nSPS) is 12.5. The van der Waals surface area contributed by atoms with E-state index in [0.29, 0.717) is 6.54 Å². The average molecular weight is 344 g/mol. The molecule has 1 atom stereocenters. The lowest BCUT2D eigenvalue weighted by Gasteiger charge is -2.18. The Labute approximate surface area is 155 Å². The Morgan fingerprint density at radius 1 is 1.00 bits per heavy atom. The molecule has 0 amide bonds. The highest BCUT2D eigenvalue weighted by Crippen LogP contribution is 2.17. The second kappa shape index (κ2) is 8.81. The van der Waals surface area contributed by atoms with Gasteiger partial charge < -0.3 is 10.6 Å². The van der Waals surface area contributed by atoms with Gasteiger partial charge in [0.1, 0.15) is 0 Å². The molecule has 3 rings (SSSR count). The van der Waals surface area contributed by atoms with Crippen molar-refractivity contribution >= 4 is 5.96 Å². The smallest absolute Gasteiger partial charge is 0.191 e. The second-order valence-corrected chi connectivity index (χ2v) is 6.12. The van der Waals surface area contributed by atoms with Gasteiger partial charge >= 0.3 is 0 Å². The van der Waals surface area contributed by atoms with Crippen LogP contribution in [0.2, 0.25) is 0 Å². The fraction of sp³-hybridized carbons (Fsp3) is 0.182. The van der Waals surface area contributed by atoms with E-state index < -0.39 is 0 Å². The summed E-state index contributed by atoms with van der Waals surface area (Å²) in [5, 5.41) is 6.81. The molecular formula is C22H24N4. The Balaban J connectivity index is 1.62. The lowest BCUT2D eigenvalue weighted by atomic mass is 10.1. The van der Waals surface area contributed by atoms with Gasteiger partial charge in [-0.3, -0.25) is 9.98 Å². The van der Waals surface area contributed by atoms with Gasteiger partial charge in [0.05, 0.1) is 11.7 Å². The van der Waals surface area contributed by atoms with Gasteiger partial charge in [-0.15, -0.1) is 0 Å². The van der Waals surface area contributed by atoms with Crippen molar-refractivity contribution in [1.29, 1.82) is 0 Å². The minimum Gasteiger partial charge on any atom is -0.352 e. The van der Waals surface area contributed by atoms with Crippen LogP contribution in [0.3, 0.4) is 0 Å². The summed E-state index contributed by atoms with van der Waals surface area (Å²) < 4.78 is 0. The zero-order valence-electron chi connectivity index (χ0n) is 15.2. The third-order valence-electron chi connectivity index (χ3n) is 4.22. The Kier molecular flexibility index (Phi) is 5.99. The fourth-order valence-corrected chi connectivity index (χ4v) is 2.78. The van der Waals surface area contributed by atoms with E-state index in [9.17, 15) is 0 Å². The van der Waals surface area contributed by atoms with Crippen molar-refractivity contribution < 1.29 is 0 Å². The number of benzene rings is 2. The molecule has 2 aromatic carbocycles. The molecule has 0 bridgehead atoms. The largest absolute Gasteiger partial charge is 0.352 e. The number of guanidine groups is 1. The quantitative estimate of drug-likeness (QED) is 0.539. The molecule has 0 spiro atoms. The van der Waals surface area contributed by atoms with Crippen LogP contribution < -0.4 is 10.6 Å². The minimum absolute atomic E-state index is 0.183. The van der Waals surface area contributed by atoms with E-state index in [-0.39, 0.29) is 6.04 Å². The van der Waals surface area contributed by atoms with Crippen molar-refractivity contribution in [2.45, 2.75) is 19.5 Å². The molecule has 1 heterocycles. The molecule has 0 aliphatic rings. The third kappa shape index (κ3) is 4.70. The van der Waals surface area contributed by atoms with Crippen LogP contribution in [-0.4, -0.2) is 18.0 Å². The minimum atomic E-state index is 0.183. The number of aliphatic imine (C=N–C) groups is 1. The molecule has 0 fully saturated rings. The second-order valence-electron chi connectivity index (χ2n) is 6.12. The fourth-order valence-electron chi connectivity index (χ4n) is 2.78.